The van der Waals surface area contributed by atoms with Crippen LogP contribution in [-0.2, 0) is 4.79 Å². The molecule has 9 saturated heterocycles. The number of piperidine rings is 9. The first kappa shape index (κ1) is 94.6. The van der Waals surface area contributed by atoms with Gasteiger partial charge in [0.05, 0.1) is 48.8 Å². The van der Waals surface area contributed by atoms with Crippen molar-refractivity contribution in [2.75, 3.05) is 167 Å². The second kappa shape index (κ2) is 47.7. The molecule has 574 valence electrons. The largest absolute Gasteiger partial charge is 0.392 e. The van der Waals surface area contributed by atoms with Gasteiger partial charge in [0.15, 0.2) is 0 Å². The average Bonchev–Trinajstić information content (AvgIpc) is 0.822. The van der Waals surface area contributed by atoms with Crippen molar-refractivity contribution in [3.8, 4) is 0 Å². The molecule has 9 heterocycles. The van der Waals surface area contributed by atoms with E-state index in [4.69, 9.17) is 0 Å². The fourth-order valence-corrected chi connectivity index (χ4v) is 22.8. The quantitative estimate of drug-likeness (QED) is 0.136. The van der Waals surface area contributed by atoms with Crippen molar-refractivity contribution >= 4 is 5.78 Å². The summed E-state index contributed by atoms with van der Waals surface area (Å²) in [5, 5.41) is 84.7. The van der Waals surface area contributed by atoms with Crippen LogP contribution in [0.1, 0.15) is 173 Å². The summed E-state index contributed by atoms with van der Waals surface area (Å²) in [5.41, 5.74) is 0. The van der Waals surface area contributed by atoms with Crippen LogP contribution >= 0.6 is 0 Å². The van der Waals surface area contributed by atoms with E-state index in [-0.39, 0.29) is 225 Å². The van der Waals surface area contributed by atoms with E-state index in [9.17, 15) is 45.6 Å². The van der Waals surface area contributed by atoms with Crippen molar-refractivity contribution in [1.29, 1.82) is 0 Å². The molecule has 0 spiro atoms. The third-order valence-electron chi connectivity index (χ3n) is 28.1. The van der Waals surface area contributed by atoms with Gasteiger partial charge < -0.3 is 85.8 Å². The minimum absolute atomic E-state index is 0. The molecule has 18 unspecified atom stereocenters. The van der Waals surface area contributed by atoms with E-state index >= 15 is 0 Å². The van der Waals surface area contributed by atoms with E-state index in [0.717, 1.165) is 131 Å². The SMILES string of the molecule is CN1CC2CCCC(C1)C2=O.CN1CC2CCCC(C1)C2O.CN1CC2CCCC(C1)C2O.CN1CC2CCCC(C1)C2O.CN1CC2CCCC(C1)C2O.CN1CC2CCCC(C1)C2O.CN1CC2CCCC(C1)C2O.OC1C2CCCC1CNC2.OC1C2CCCC1CNC2.[Ac].[Ac].[Ac].[Ac]. The Morgan fingerprint density at radius 3 is 0.505 bits per heavy atom. The van der Waals surface area contributed by atoms with Crippen molar-refractivity contribution in [2.45, 2.75) is 222 Å². The van der Waals surface area contributed by atoms with Crippen molar-refractivity contribution < 1.29 is 222 Å². The number of hydrogen-bond acceptors (Lipinski definition) is 18. The average molecular weight is 2280 g/mol. The van der Waals surface area contributed by atoms with E-state index in [1.54, 1.807) is 0 Å². The monoisotopic (exact) mass is 2270 g/mol. The van der Waals surface area contributed by atoms with Crippen LogP contribution in [0.15, 0.2) is 0 Å². The minimum atomic E-state index is 0. The van der Waals surface area contributed by atoms with Crippen molar-refractivity contribution in [3.63, 3.8) is 0 Å². The zero-order valence-corrected chi connectivity index (χ0v) is 83.7. The molecule has 9 aliphatic carbocycles. The molecule has 10 N–H and O–H groups in total. The molecule has 4 radical (unpaired) electrons. The number of carbonyl (C=O) groups is 1. The molecular formula is C79H147Ac4N9O9. The van der Waals surface area contributed by atoms with Gasteiger partial charge in [-0.25, -0.2) is 0 Å². The third-order valence-corrected chi connectivity index (χ3v) is 28.1. The number of fused-ring (bicyclic) bond motifs is 18. The molecule has 0 aromatic rings. The summed E-state index contributed by atoms with van der Waals surface area (Å²) >= 11 is 0. The Kier molecular flexibility index (Phi) is 44.7. The number of nitrogens with zero attached hydrogens (tertiary/aromatic N) is 7. The Morgan fingerprint density at radius 2 is 0.347 bits per heavy atom. The number of rotatable bonds is 0. The summed E-state index contributed by atoms with van der Waals surface area (Å²) in [7, 11) is 15.1. The normalized spacial score (nSPS) is 43.5. The predicted octanol–water partition coefficient (Wildman–Crippen LogP) is 5.90. The number of aliphatic hydroxyl groups excluding tert-OH is 8. The topological polar surface area (TPSA) is 226 Å². The molecule has 0 aromatic carbocycles. The number of Topliss-reactive ketones (excluding diaryl/α,β-unsaturated/α-hetero) is 1. The van der Waals surface area contributed by atoms with Gasteiger partial charge in [0.25, 0.3) is 0 Å². The van der Waals surface area contributed by atoms with E-state index in [1.807, 2.05) is 0 Å². The Bertz CT molecular complexity index is 1870. The van der Waals surface area contributed by atoms with Crippen LogP contribution < -0.4 is 10.6 Å². The first-order chi connectivity index (χ1) is 46.7. The van der Waals surface area contributed by atoms with Gasteiger partial charge in [0.1, 0.15) is 5.78 Å². The second-order valence-electron chi connectivity index (χ2n) is 36.1. The number of nitrogens with one attached hydrogen (secondary N) is 2. The van der Waals surface area contributed by atoms with Gasteiger partial charge >= 0.3 is 0 Å². The standard InChI is InChI=1S/6C9H17NO.C9H15NO.2C8H15NO.4Ac/c7*1-10-5-7-3-2-4-8(6-10)9(7)11;2*10-8-6-2-1-3-7(8)5-9-4-6;;;;/h6*7-9,11H,2-6H2,1H3;7-8H,2-6H2,1H3;2*6-10H,1-5H2;;;;. The van der Waals surface area contributed by atoms with E-state index in [0.29, 0.717) is 112 Å². The van der Waals surface area contributed by atoms with Crippen LogP contribution in [0.25, 0.3) is 0 Å². The number of carbonyl (C=O) groups excluding carboxylic acids is 1. The maximum absolute atomic E-state index is 11.5. The Morgan fingerprint density at radius 1 is 0.218 bits per heavy atom. The summed E-state index contributed by atoms with van der Waals surface area (Å²) in [6.07, 6.45) is 34.1. The van der Waals surface area contributed by atoms with Gasteiger partial charge in [0.2, 0.25) is 0 Å². The second-order valence-corrected chi connectivity index (χ2v) is 36.1. The van der Waals surface area contributed by atoms with Gasteiger partial charge in [0, 0.05) is 306 Å². The molecule has 0 amide bonds. The molecule has 9 aliphatic heterocycles. The zero-order valence-electron chi connectivity index (χ0n) is 64.8. The van der Waals surface area contributed by atoms with Gasteiger partial charge in [-0.3, -0.25) is 4.79 Å². The molecule has 101 heavy (non-hydrogen) atoms. The van der Waals surface area contributed by atoms with E-state index in [1.165, 1.54) is 161 Å². The zero-order chi connectivity index (χ0) is 68.9. The molecule has 18 fully saturated rings. The smallest absolute Gasteiger partial charge is 0.141 e. The number of aliphatic hydroxyl groups is 8. The van der Waals surface area contributed by atoms with Gasteiger partial charge in [-0.1, -0.05) is 57.8 Å². The molecule has 18 aliphatic rings. The molecule has 18 rings (SSSR count). The van der Waals surface area contributed by atoms with Gasteiger partial charge in [-0.05, 0) is 260 Å². The molecule has 0 aromatic heterocycles. The summed E-state index contributed by atoms with van der Waals surface area (Å²) in [6, 6.07) is 0. The van der Waals surface area contributed by atoms with Crippen LogP contribution in [-0.4, -0.2) is 297 Å². The van der Waals surface area contributed by atoms with Gasteiger partial charge in [-0.2, -0.15) is 0 Å². The Labute approximate surface area is 757 Å². The molecule has 18 bridgehead atoms. The maximum Gasteiger partial charge on any atom is 0.141 e. The van der Waals surface area contributed by atoms with Crippen molar-refractivity contribution in [1.82, 2.24) is 44.9 Å². The Hall–Kier alpha value is 4.76. The molecule has 18 atom stereocenters. The van der Waals surface area contributed by atoms with E-state index in [2.05, 4.69) is 94.3 Å². The first-order valence-corrected chi connectivity index (χ1v) is 40.8. The molecule has 18 nitrogen and oxygen atoms in total. The molecular weight excluding hydrogens is 2130 g/mol. The number of hydrogen-bond donors (Lipinski definition) is 10. The van der Waals surface area contributed by atoms with Gasteiger partial charge in [-0.15, -0.1) is 0 Å². The summed E-state index contributed by atoms with van der Waals surface area (Å²) in [4.78, 5) is 28.0. The fourth-order valence-electron chi connectivity index (χ4n) is 22.8. The summed E-state index contributed by atoms with van der Waals surface area (Å²) < 4.78 is 0. The minimum Gasteiger partial charge on any atom is -0.392 e. The van der Waals surface area contributed by atoms with E-state index < -0.39 is 0 Å². The fraction of sp³-hybridized carbons (Fsp3) is 0.987. The Balaban J connectivity index is 0.000000178. The molecule has 22 heteroatoms. The van der Waals surface area contributed by atoms with Crippen LogP contribution in [0.2, 0.25) is 0 Å². The van der Waals surface area contributed by atoms with Crippen molar-refractivity contribution in [3.05, 3.63) is 0 Å². The first-order valence-electron chi connectivity index (χ1n) is 40.8. The molecule has 9 saturated carbocycles. The van der Waals surface area contributed by atoms with Crippen molar-refractivity contribution in [2.24, 2.45) is 107 Å². The number of likely N-dealkylation sites (tertiary alicyclic amines) is 7. The summed E-state index contributed by atoms with van der Waals surface area (Å²) in [5.74, 6) is 10.5. The maximum atomic E-state index is 11.5. The van der Waals surface area contributed by atoms with Crippen LogP contribution in [0.3, 0.4) is 0 Å². The number of ketones is 1. The van der Waals surface area contributed by atoms with Crippen LogP contribution in [0, 0.1) is 283 Å². The summed E-state index contributed by atoms with van der Waals surface area (Å²) in [6.45, 7) is 19.5. The third kappa shape index (κ3) is 28.0. The van der Waals surface area contributed by atoms with Crippen LogP contribution in [0.4, 0.5) is 0 Å². The van der Waals surface area contributed by atoms with Crippen LogP contribution in [0.5, 0.6) is 0 Å². The predicted molar refractivity (Wildman–Crippen MR) is 389 cm³/mol.